The van der Waals surface area contributed by atoms with Gasteiger partial charge in [-0.25, -0.2) is 0 Å². The van der Waals surface area contributed by atoms with Gasteiger partial charge in [0.2, 0.25) is 0 Å². The molecule has 0 atom stereocenters. The van der Waals surface area contributed by atoms with Gasteiger partial charge in [0.25, 0.3) is 0 Å². The zero-order valence-electron chi connectivity index (χ0n) is 11.4. The molecule has 0 radical (unpaired) electrons. The molecule has 0 aromatic rings. The molecule has 0 amide bonds. The SMILES string of the molecule is CC(C)C1=CC=C2SC3=C(CC=CC=C3)NC2=CC1. The van der Waals surface area contributed by atoms with Crippen molar-refractivity contribution >= 4 is 11.8 Å². The molecule has 0 aromatic carbocycles. The lowest BCUT2D eigenvalue weighted by molar-refractivity contribution is 0.746. The number of thioether (sulfide) groups is 1. The Kier molecular flexibility index (Phi) is 3.52. The average molecular weight is 269 g/mol. The Morgan fingerprint density at radius 1 is 1.16 bits per heavy atom. The molecule has 3 rings (SSSR count). The molecule has 1 N–H and O–H groups in total. The van der Waals surface area contributed by atoms with Gasteiger partial charge in [-0.1, -0.05) is 61.6 Å². The summed E-state index contributed by atoms with van der Waals surface area (Å²) in [5.74, 6) is 0.618. The van der Waals surface area contributed by atoms with Crippen LogP contribution in [-0.4, -0.2) is 0 Å². The molecule has 0 bridgehead atoms. The zero-order chi connectivity index (χ0) is 13.2. The standard InChI is InChI=1S/C17H19NS/c1-12(2)13-8-10-15-17(11-9-13)19-16-7-5-3-4-6-14(16)18-15/h3-5,7,9-12,18H,6,8H2,1-2H3. The molecular formula is C17H19NS. The van der Waals surface area contributed by atoms with Crippen LogP contribution in [0, 0.1) is 5.92 Å². The predicted octanol–water partition coefficient (Wildman–Crippen LogP) is 4.80. The Morgan fingerprint density at radius 3 is 2.89 bits per heavy atom. The van der Waals surface area contributed by atoms with Gasteiger partial charge in [0.15, 0.2) is 0 Å². The Labute approximate surface area is 119 Å². The Morgan fingerprint density at radius 2 is 2.05 bits per heavy atom. The smallest absolute Gasteiger partial charge is 0.0486 e. The average Bonchev–Trinajstić information content (AvgIpc) is 2.73. The van der Waals surface area contributed by atoms with Gasteiger partial charge >= 0.3 is 0 Å². The van der Waals surface area contributed by atoms with E-state index in [0.29, 0.717) is 5.92 Å². The molecule has 1 nitrogen and oxygen atoms in total. The van der Waals surface area contributed by atoms with Crippen LogP contribution in [0.25, 0.3) is 0 Å². The molecule has 0 spiro atoms. The number of nitrogens with one attached hydrogen (secondary N) is 1. The van der Waals surface area contributed by atoms with Gasteiger partial charge in [0, 0.05) is 27.6 Å². The molecule has 0 fully saturated rings. The van der Waals surface area contributed by atoms with Crippen molar-refractivity contribution in [2.24, 2.45) is 5.92 Å². The van der Waals surface area contributed by atoms with Crippen LogP contribution < -0.4 is 5.32 Å². The van der Waals surface area contributed by atoms with Crippen molar-refractivity contribution in [2.75, 3.05) is 0 Å². The van der Waals surface area contributed by atoms with E-state index in [1.165, 1.54) is 26.8 Å². The second-order valence-corrected chi connectivity index (χ2v) is 6.39. The lowest BCUT2D eigenvalue weighted by Crippen LogP contribution is -2.18. The van der Waals surface area contributed by atoms with Gasteiger partial charge < -0.3 is 5.32 Å². The van der Waals surface area contributed by atoms with Crippen molar-refractivity contribution < 1.29 is 0 Å². The number of hydrogen-bond acceptors (Lipinski definition) is 2. The number of fused-ring (bicyclic) bond motifs is 1. The highest BCUT2D eigenvalue weighted by Crippen LogP contribution is 2.40. The van der Waals surface area contributed by atoms with Gasteiger partial charge in [-0.15, -0.1) is 0 Å². The van der Waals surface area contributed by atoms with E-state index < -0.39 is 0 Å². The summed E-state index contributed by atoms with van der Waals surface area (Å²) >= 11 is 1.88. The van der Waals surface area contributed by atoms with Crippen LogP contribution in [0.4, 0.5) is 0 Å². The second kappa shape index (κ2) is 5.30. The van der Waals surface area contributed by atoms with E-state index in [1.807, 2.05) is 11.8 Å². The second-order valence-electron chi connectivity index (χ2n) is 5.31. The molecule has 2 heteroatoms. The maximum absolute atomic E-state index is 3.61. The summed E-state index contributed by atoms with van der Waals surface area (Å²) in [6.45, 7) is 4.53. The minimum atomic E-state index is 0.618. The summed E-state index contributed by atoms with van der Waals surface area (Å²) in [4.78, 5) is 2.68. The normalized spacial score (nSPS) is 21.7. The predicted molar refractivity (Wildman–Crippen MR) is 84.4 cm³/mol. The fourth-order valence-electron chi connectivity index (χ4n) is 2.39. The van der Waals surface area contributed by atoms with Crippen LogP contribution in [0.15, 0.2) is 69.3 Å². The Bertz CT molecular complexity index is 568. The lowest BCUT2D eigenvalue weighted by Gasteiger charge is -2.23. The first kappa shape index (κ1) is 12.6. The van der Waals surface area contributed by atoms with Crippen molar-refractivity contribution in [3.8, 4) is 0 Å². The third-order valence-electron chi connectivity index (χ3n) is 3.62. The van der Waals surface area contributed by atoms with Crippen LogP contribution in [-0.2, 0) is 0 Å². The monoisotopic (exact) mass is 269 g/mol. The molecule has 2 aliphatic carbocycles. The summed E-state index contributed by atoms with van der Waals surface area (Å²) in [5.41, 5.74) is 4.10. The van der Waals surface area contributed by atoms with Crippen LogP contribution in [0.2, 0.25) is 0 Å². The summed E-state index contributed by atoms with van der Waals surface area (Å²) in [7, 11) is 0. The minimum absolute atomic E-state index is 0.618. The van der Waals surface area contributed by atoms with Gasteiger partial charge in [-0.05, 0) is 24.5 Å². The molecule has 98 valence electrons. The van der Waals surface area contributed by atoms with Crippen molar-refractivity contribution in [3.63, 3.8) is 0 Å². The summed E-state index contributed by atoms with van der Waals surface area (Å²) < 4.78 is 0. The van der Waals surface area contributed by atoms with E-state index in [-0.39, 0.29) is 0 Å². The number of hydrogen-bond donors (Lipinski definition) is 1. The molecule has 19 heavy (non-hydrogen) atoms. The van der Waals surface area contributed by atoms with E-state index in [0.717, 1.165) is 12.8 Å². The van der Waals surface area contributed by atoms with Crippen LogP contribution in [0.1, 0.15) is 26.7 Å². The molecule has 1 heterocycles. The minimum Gasteiger partial charge on any atom is -0.357 e. The Balaban J connectivity index is 1.92. The first-order valence-corrected chi connectivity index (χ1v) is 7.68. The van der Waals surface area contributed by atoms with Crippen molar-refractivity contribution in [3.05, 3.63) is 69.3 Å². The highest BCUT2D eigenvalue weighted by atomic mass is 32.2. The van der Waals surface area contributed by atoms with Crippen LogP contribution in [0.5, 0.6) is 0 Å². The van der Waals surface area contributed by atoms with Crippen molar-refractivity contribution in [2.45, 2.75) is 26.7 Å². The van der Waals surface area contributed by atoms with E-state index in [2.05, 4.69) is 61.7 Å². The Hall–Kier alpha value is -1.41. The topological polar surface area (TPSA) is 12.0 Å². The molecule has 3 aliphatic rings. The van der Waals surface area contributed by atoms with E-state index >= 15 is 0 Å². The highest BCUT2D eigenvalue weighted by molar-refractivity contribution is 8.07. The third kappa shape index (κ3) is 2.64. The summed E-state index contributed by atoms with van der Waals surface area (Å²) in [6, 6.07) is 0. The van der Waals surface area contributed by atoms with E-state index in [4.69, 9.17) is 0 Å². The van der Waals surface area contributed by atoms with Crippen molar-refractivity contribution in [1.82, 2.24) is 5.32 Å². The quantitative estimate of drug-likeness (QED) is 0.733. The molecule has 0 saturated carbocycles. The molecule has 0 saturated heterocycles. The van der Waals surface area contributed by atoms with Crippen molar-refractivity contribution in [1.29, 1.82) is 0 Å². The largest absolute Gasteiger partial charge is 0.357 e. The highest BCUT2D eigenvalue weighted by Gasteiger charge is 2.20. The maximum Gasteiger partial charge on any atom is 0.0486 e. The third-order valence-corrected chi connectivity index (χ3v) is 4.80. The van der Waals surface area contributed by atoms with Gasteiger partial charge in [-0.2, -0.15) is 0 Å². The van der Waals surface area contributed by atoms with Gasteiger partial charge in [0.05, 0.1) is 0 Å². The summed E-state index contributed by atoms with van der Waals surface area (Å²) in [6.07, 6.45) is 17.6. The first-order chi connectivity index (χ1) is 9.24. The fourth-order valence-corrected chi connectivity index (χ4v) is 3.41. The molecule has 0 aromatic heterocycles. The molecular weight excluding hydrogens is 250 g/mol. The first-order valence-electron chi connectivity index (χ1n) is 6.86. The number of allylic oxidation sites excluding steroid dienone is 8. The maximum atomic E-state index is 3.61. The van der Waals surface area contributed by atoms with Crippen LogP contribution >= 0.6 is 11.8 Å². The lowest BCUT2D eigenvalue weighted by atomic mass is 10.00. The van der Waals surface area contributed by atoms with Gasteiger partial charge in [0.1, 0.15) is 0 Å². The molecule has 1 aliphatic heterocycles. The zero-order valence-corrected chi connectivity index (χ0v) is 12.3. The van der Waals surface area contributed by atoms with Crippen LogP contribution in [0.3, 0.4) is 0 Å². The fraction of sp³-hybridized carbons (Fsp3) is 0.294. The molecule has 0 unspecified atom stereocenters. The van der Waals surface area contributed by atoms with Gasteiger partial charge in [-0.3, -0.25) is 0 Å². The van der Waals surface area contributed by atoms with E-state index in [1.54, 1.807) is 0 Å². The van der Waals surface area contributed by atoms with E-state index in [9.17, 15) is 0 Å². The number of rotatable bonds is 1. The summed E-state index contributed by atoms with van der Waals surface area (Å²) in [5, 5.41) is 3.61.